The largest absolute Gasteiger partial charge is 0.407 e. The third-order valence-electron chi connectivity index (χ3n) is 3.90. The number of imidazole rings is 1. The molecule has 4 heteroatoms. The van der Waals surface area contributed by atoms with Gasteiger partial charge in [-0.15, -0.1) is 0 Å². The standard InChI is InChI=1S/C20H17N3O/c1-15-9-11-17(12-10-15)20-22-19-18(8-5-13-21-19)23(20)24-14-16-6-3-2-4-7-16/h2-13H,14H2,1H3. The number of fused-ring (bicyclic) bond motifs is 1. The Morgan fingerprint density at radius 2 is 1.71 bits per heavy atom. The van der Waals surface area contributed by atoms with Crippen LogP contribution in [0, 0.1) is 6.92 Å². The van der Waals surface area contributed by atoms with Crippen LogP contribution in [0.1, 0.15) is 11.1 Å². The van der Waals surface area contributed by atoms with Crippen LogP contribution < -0.4 is 4.84 Å². The van der Waals surface area contributed by atoms with Crippen molar-refractivity contribution < 1.29 is 4.84 Å². The molecule has 2 aromatic carbocycles. The van der Waals surface area contributed by atoms with Crippen molar-refractivity contribution in [2.24, 2.45) is 0 Å². The molecular weight excluding hydrogens is 298 g/mol. The van der Waals surface area contributed by atoms with E-state index in [1.807, 2.05) is 42.5 Å². The Kier molecular flexibility index (Phi) is 3.71. The molecule has 2 aromatic heterocycles. The van der Waals surface area contributed by atoms with Crippen LogP contribution in [0.2, 0.25) is 0 Å². The van der Waals surface area contributed by atoms with E-state index < -0.39 is 0 Å². The van der Waals surface area contributed by atoms with Crippen LogP contribution in [-0.4, -0.2) is 14.7 Å². The topological polar surface area (TPSA) is 39.9 Å². The van der Waals surface area contributed by atoms with Crippen molar-refractivity contribution in [2.45, 2.75) is 13.5 Å². The molecule has 0 saturated heterocycles. The summed E-state index contributed by atoms with van der Waals surface area (Å²) in [5, 5.41) is 0. The van der Waals surface area contributed by atoms with Crippen LogP contribution in [0.3, 0.4) is 0 Å². The quantitative estimate of drug-likeness (QED) is 0.571. The van der Waals surface area contributed by atoms with Gasteiger partial charge in [-0.1, -0.05) is 60.2 Å². The van der Waals surface area contributed by atoms with Crippen LogP contribution in [0.5, 0.6) is 0 Å². The second kappa shape index (κ2) is 6.16. The summed E-state index contributed by atoms with van der Waals surface area (Å²) in [6, 6.07) is 22.2. The Bertz CT molecular complexity index is 959. The van der Waals surface area contributed by atoms with Crippen molar-refractivity contribution in [3.05, 3.63) is 84.1 Å². The molecule has 2 heterocycles. The van der Waals surface area contributed by atoms with E-state index in [0.717, 1.165) is 22.5 Å². The minimum Gasteiger partial charge on any atom is -0.407 e. The molecule has 0 N–H and O–H groups in total. The second-order valence-corrected chi connectivity index (χ2v) is 5.70. The first kappa shape index (κ1) is 14.5. The Hall–Kier alpha value is -3.14. The summed E-state index contributed by atoms with van der Waals surface area (Å²) in [4.78, 5) is 15.1. The normalized spacial score (nSPS) is 10.9. The highest BCUT2D eigenvalue weighted by molar-refractivity contribution is 5.76. The van der Waals surface area contributed by atoms with Crippen LogP contribution in [0.15, 0.2) is 72.9 Å². The lowest BCUT2D eigenvalue weighted by molar-refractivity contribution is 0.110. The molecule has 0 aliphatic heterocycles. The number of rotatable bonds is 4. The molecule has 24 heavy (non-hydrogen) atoms. The molecule has 0 aliphatic carbocycles. The first-order chi connectivity index (χ1) is 11.8. The van der Waals surface area contributed by atoms with Gasteiger partial charge < -0.3 is 4.84 Å². The second-order valence-electron chi connectivity index (χ2n) is 5.70. The predicted octanol–water partition coefficient (Wildman–Crippen LogP) is 4.04. The minimum absolute atomic E-state index is 0.472. The Morgan fingerprint density at radius 1 is 0.917 bits per heavy atom. The van der Waals surface area contributed by atoms with E-state index in [4.69, 9.17) is 4.84 Å². The van der Waals surface area contributed by atoms with E-state index >= 15 is 0 Å². The van der Waals surface area contributed by atoms with Crippen LogP contribution >= 0.6 is 0 Å². The number of benzene rings is 2. The van der Waals surface area contributed by atoms with Gasteiger partial charge in [-0.25, -0.2) is 9.97 Å². The SMILES string of the molecule is Cc1ccc(-c2nc3ncccc3n2OCc2ccccc2)cc1. The smallest absolute Gasteiger partial charge is 0.181 e. The third-order valence-corrected chi connectivity index (χ3v) is 3.90. The van der Waals surface area contributed by atoms with Crippen molar-refractivity contribution in [1.29, 1.82) is 0 Å². The molecule has 0 aliphatic rings. The lowest BCUT2D eigenvalue weighted by Gasteiger charge is -2.11. The maximum atomic E-state index is 6.08. The Balaban J connectivity index is 1.77. The molecule has 0 spiro atoms. The average molecular weight is 315 g/mol. The summed E-state index contributed by atoms with van der Waals surface area (Å²) in [5.74, 6) is 0.764. The monoisotopic (exact) mass is 315 g/mol. The fourth-order valence-corrected chi connectivity index (χ4v) is 2.62. The summed E-state index contributed by atoms with van der Waals surface area (Å²) in [7, 11) is 0. The van der Waals surface area contributed by atoms with Gasteiger partial charge in [0, 0.05) is 11.8 Å². The molecule has 118 valence electrons. The maximum absolute atomic E-state index is 6.08. The first-order valence-corrected chi connectivity index (χ1v) is 7.89. The van der Waals surface area contributed by atoms with Gasteiger partial charge in [0.15, 0.2) is 11.5 Å². The van der Waals surface area contributed by atoms with Crippen LogP contribution in [0.4, 0.5) is 0 Å². The van der Waals surface area contributed by atoms with Gasteiger partial charge in [0.05, 0.1) is 0 Å². The minimum atomic E-state index is 0.472. The third kappa shape index (κ3) is 2.74. The van der Waals surface area contributed by atoms with E-state index in [1.54, 1.807) is 10.9 Å². The summed E-state index contributed by atoms with van der Waals surface area (Å²) < 4.78 is 1.78. The highest BCUT2D eigenvalue weighted by Gasteiger charge is 2.14. The Morgan fingerprint density at radius 3 is 2.50 bits per heavy atom. The first-order valence-electron chi connectivity index (χ1n) is 7.89. The van der Waals surface area contributed by atoms with Crippen LogP contribution in [-0.2, 0) is 6.61 Å². The predicted molar refractivity (Wildman–Crippen MR) is 94.4 cm³/mol. The summed E-state index contributed by atoms with van der Waals surface area (Å²) in [5.41, 5.74) is 4.87. The van der Waals surface area contributed by atoms with Gasteiger partial charge >= 0.3 is 0 Å². The summed E-state index contributed by atoms with van der Waals surface area (Å²) in [6.07, 6.45) is 1.75. The number of pyridine rings is 1. The lowest BCUT2D eigenvalue weighted by atomic mass is 10.1. The molecule has 0 amide bonds. The molecule has 0 unspecified atom stereocenters. The van der Waals surface area contributed by atoms with E-state index in [-0.39, 0.29) is 0 Å². The van der Waals surface area contributed by atoms with Crippen molar-refractivity contribution >= 4 is 11.2 Å². The van der Waals surface area contributed by atoms with Gasteiger partial charge in [0.1, 0.15) is 12.1 Å². The van der Waals surface area contributed by atoms with Crippen molar-refractivity contribution in [3.63, 3.8) is 0 Å². The molecule has 4 nitrogen and oxygen atoms in total. The molecule has 0 atom stereocenters. The molecule has 4 rings (SSSR count). The molecule has 0 bridgehead atoms. The van der Waals surface area contributed by atoms with Gasteiger partial charge in [0.2, 0.25) is 0 Å². The fourth-order valence-electron chi connectivity index (χ4n) is 2.62. The van der Waals surface area contributed by atoms with Gasteiger partial charge in [-0.3, -0.25) is 0 Å². The number of hydrogen-bond acceptors (Lipinski definition) is 3. The molecule has 4 aromatic rings. The van der Waals surface area contributed by atoms with Crippen LogP contribution in [0.25, 0.3) is 22.6 Å². The molecule has 0 radical (unpaired) electrons. The number of aromatic nitrogens is 3. The van der Waals surface area contributed by atoms with Gasteiger partial charge in [0.25, 0.3) is 0 Å². The molecular formula is C20H17N3O. The highest BCUT2D eigenvalue weighted by atomic mass is 16.7. The summed E-state index contributed by atoms with van der Waals surface area (Å²) >= 11 is 0. The zero-order valence-electron chi connectivity index (χ0n) is 13.4. The van der Waals surface area contributed by atoms with Crippen molar-refractivity contribution in [1.82, 2.24) is 14.7 Å². The fraction of sp³-hybridized carbons (Fsp3) is 0.100. The van der Waals surface area contributed by atoms with E-state index in [2.05, 4.69) is 41.2 Å². The van der Waals surface area contributed by atoms with E-state index in [9.17, 15) is 0 Å². The van der Waals surface area contributed by atoms with Gasteiger partial charge in [-0.05, 0) is 24.6 Å². The van der Waals surface area contributed by atoms with E-state index in [0.29, 0.717) is 12.3 Å². The molecule has 0 fully saturated rings. The van der Waals surface area contributed by atoms with Crippen molar-refractivity contribution in [3.8, 4) is 11.4 Å². The number of hydrogen-bond donors (Lipinski definition) is 0. The number of nitrogens with zero attached hydrogens (tertiary/aromatic N) is 3. The zero-order chi connectivity index (χ0) is 16.4. The average Bonchev–Trinajstić information content (AvgIpc) is 3.00. The van der Waals surface area contributed by atoms with E-state index in [1.165, 1.54) is 5.56 Å². The highest BCUT2D eigenvalue weighted by Crippen LogP contribution is 2.23. The zero-order valence-corrected chi connectivity index (χ0v) is 13.4. The molecule has 0 saturated carbocycles. The van der Waals surface area contributed by atoms with Crippen molar-refractivity contribution in [2.75, 3.05) is 0 Å². The summed E-state index contributed by atoms with van der Waals surface area (Å²) in [6.45, 7) is 2.54. The number of aryl methyl sites for hydroxylation is 1. The Labute approximate surface area is 140 Å². The van der Waals surface area contributed by atoms with Gasteiger partial charge in [-0.2, -0.15) is 4.73 Å². The maximum Gasteiger partial charge on any atom is 0.181 e. The lowest BCUT2D eigenvalue weighted by Crippen LogP contribution is -2.12.